The predicted molar refractivity (Wildman–Crippen MR) is 60.7 cm³/mol. The van der Waals surface area contributed by atoms with E-state index in [-0.39, 0.29) is 18.6 Å². The van der Waals surface area contributed by atoms with Crippen LogP contribution in [0.2, 0.25) is 0 Å². The van der Waals surface area contributed by atoms with Gasteiger partial charge in [-0.1, -0.05) is 0 Å². The number of nitrogens with zero attached hydrogens (tertiary/aromatic N) is 1. The van der Waals surface area contributed by atoms with Gasteiger partial charge in [0.2, 0.25) is 5.91 Å². The van der Waals surface area contributed by atoms with E-state index in [0.29, 0.717) is 13.0 Å². The largest absolute Gasteiger partial charge is 0.396 e. The Kier molecular flexibility index (Phi) is 6.48. The number of carbonyl (C=O) groups excluding carboxylic acids is 2. The summed E-state index contributed by atoms with van der Waals surface area (Å²) in [6, 6.07) is -1.33. The minimum Gasteiger partial charge on any atom is -0.396 e. The molecular weight excluding hydrogens is 210 g/mol. The molecular formula is C10H21N3O3. The molecule has 0 aromatic rings. The summed E-state index contributed by atoms with van der Waals surface area (Å²) < 4.78 is 0. The topological polar surface area (TPSA) is 95.7 Å². The maximum Gasteiger partial charge on any atom is 0.312 e. The van der Waals surface area contributed by atoms with Gasteiger partial charge in [-0.3, -0.25) is 4.79 Å². The van der Waals surface area contributed by atoms with Gasteiger partial charge in [0.05, 0.1) is 0 Å². The van der Waals surface area contributed by atoms with Crippen LogP contribution in [0, 0.1) is 0 Å². The van der Waals surface area contributed by atoms with E-state index >= 15 is 0 Å². The first kappa shape index (κ1) is 14.7. The molecule has 0 saturated heterocycles. The van der Waals surface area contributed by atoms with E-state index in [9.17, 15) is 9.59 Å². The second kappa shape index (κ2) is 7.05. The monoisotopic (exact) mass is 231 g/mol. The normalized spacial score (nSPS) is 12.3. The highest BCUT2D eigenvalue weighted by atomic mass is 16.3. The fourth-order valence-corrected chi connectivity index (χ4v) is 1.39. The second-order valence-corrected chi connectivity index (χ2v) is 3.93. The molecule has 0 spiro atoms. The molecule has 6 heteroatoms. The Bertz CT molecular complexity index is 243. The lowest BCUT2D eigenvalue weighted by Gasteiger charge is -2.29. The number of urea groups is 1. The van der Waals surface area contributed by atoms with Crippen LogP contribution in [-0.4, -0.2) is 47.2 Å². The molecule has 0 aliphatic heterocycles. The van der Waals surface area contributed by atoms with Gasteiger partial charge in [0.25, 0.3) is 0 Å². The number of aliphatic hydroxyl groups is 1. The third-order valence-electron chi connectivity index (χ3n) is 2.19. The zero-order valence-electron chi connectivity index (χ0n) is 10.1. The third kappa shape index (κ3) is 4.97. The molecule has 0 aliphatic rings. The number of primary amides is 1. The average Bonchev–Trinajstić information content (AvgIpc) is 2.16. The lowest BCUT2D eigenvalue weighted by molar-refractivity contribution is -0.134. The molecule has 0 heterocycles. The molecule has 4 N–H and O–H groups in total. The molecule has 16 heavy (non-hydrogen) atoms. The molecule has 0 fully saturated rings. The smallest absolute Gasteiger partial charge is 0.312 e. The van der Waals surface area contributed by atoms with Crippen molar-refractivity contribution in [2.75, 3.05) is 13.2 Å². The number of rotatable bonds is 6. The van der Waals surface area contributed by atoms with Crippen molar-refractivity contribution in [2.45, 2.75) is 39.3 Å². The minimum atomic E-state index is -0.716. The van der Waals surface area contributed by atoms with Gasteiger partial charge in [-0.15, -0.1) is 0 Å². The molecule has 1 unspecified atom stereocenters. The summed E-state index contributed by atoms with van der Waals surface area (Å²) in [5.41, 5.74) is 4.95. The van der Waals surface area contributed by atoms with Crippen LogP contribution in [0.5, 0.6) is 0 Å². The first-order chi connectivity index (χ1) is 7.40. The van der Waals surface area contributed by atoms with Crippen molar-refractivity contribution in [3.05, 3.63) is 0 Å². The summed E-state index contributed by atoms with van der Waals surface area (Å²) in [5, 5.41) is 11.1. The number of carbonyl (C=O) groups is 2. The van der Waals surface area contributed by atoms with Crippen LogP contribution in [0.3, 0.4) is 0 Å². The number of hydrogen-bond acceptors (Lipinski definition) is 3. The van der Waals surface area contributed by atoms with Gasteiger partial charge in [0.15, 0.2) is 0 Å². The Labute approximate surface area is 95.8 Å². The fourth-order valence-electron chi connectivity index (χ4n) is 1.39. The number of hydrogen-bond donors (Lipinski definition) is 3. The van der Waals surface area contributed by atoms with Crippen LogP contribution in [0.4, 0.5) is 4.79 Å². The van der Waals surface area contributed by atoms with Crippen molar-refractivity contribution in [1.29, 1.82) is 0 Å². The second-order valence-electron chi connectivity index (χ2n) is 3.93. The first-order valence-electron chi connectivity index (χ1n) is 5.37. The Morgan fingerprint density at radius 3 is 2.31 bits per heavy atom. The summed E-state index contributed by atoms with van der Waals surface area (Å²) in [7, 11) is 0. The highest BCUT2D eigenvalue weighted by molar-refractivity contribution is 5.86. The van der Waals surface area contributed by atoms with Crippen molar-refractivity contribution in [3.8, 4) is 0 Å². The van der Waals surface area contributed by atoms with Gasteiger partial charge >= 0.3 is 6.03 Å². The SMILES string of the molecule is CC(NC(N)=O)C(=O)N(CCCO)C(C)C. The zero-order valence-corrected chi connectivity index (χ0v) is 10.1. The zero-order chi connectivity index (χ0) is 12.7. The summed E-state index contributed by atoms with van der Waals surface area (Å²) in [4.78, 5) is 24.1. The molecule has 0 aliphatic carbocycles. The van der Waals surface area contributed by atoms with Gasteiger partial charge in [-0.2, -0.15) is 0 Å². The van der Waals surface area contributed by atoms with Gasteiger partial charge < -0.3 is 21.1 Å². The lowest BCUT2D eigenvalue weighted by Crippen LogP contribution is -2.50. The van der Waals surface area contributed by atoms with Crippen LogP contribution >= 0.6 is 0 Å². The standard InChI is InChI=1S/C10H21N3O3/c1-7(2)13(5-4-6-14)9(15)8(3)12-10(11)16/h7-8,14H,4-6H2,1-3H3,(H3,11,12,16). The van der Waals surface area contributed by atoms with Gasteiger partial charge in [-0.05, 0) is 27.2 Å². The van der Waals surface area contributed by atoms with E-state index < -0.39 is 12.1 Å². The molecule has 0 bridgehead atoms. The average molecular weight is 231 g/mol. The van der Waals surface area contributed by atoms with Crippen LogP contribution < -0.4 is 11.1 Å². The van der Waals surface area contributed by atoms with E-state index in [0.717, 1.165) is 0 Å². The minimum absolute atomic E-state index is 0.0242. The Morgan fingerprint density at radius 1 is 1.38 bits per heavy atom. The third-order valence-corrected chi connectivity index (χ3v) is 2.19. The fraction of sp³-hybridized carbons (Fsp3) is 0.800. The van der Waals surface area contributed by atoms with E-state index in [1.54, 1.807) is 11.8 Å². The van der Waals surface area contributed by atoms with E-state index in [1.165, 1.54) is 0 Å². The van der Waals surface area contributed by atoms with Crippen LogP contribution in [0.15, 0.2) is 0 Å². The molecule has 0 aromatic heterocycles. The summed E-state index contributed by atoms with van der Waals surface area (Å²) in [5.74, 6) is -0.192. The number of nitrogens with two attached hydrogens (primary N) is 1. The van der Waals surface area contributed by atoms with Crippen LogP contribution in [-0.2, 0) is 4.79 Å². The predicted octanol–water partition coefficient (Wildman–Crippen LogP) is -0.337. The van der Waals surface area contributed by atoms with Crippen molar-refractivity contribution in [2.24, 2.45) is 5.73 Å². The van der Waals surface area contributed by atoms with Crippen molar-refractivity contribution in [1.82, 2.24) is 10.2 Å². The van der Waals surface area contributed by atoms with Crippen LogP contribution in [0.1, 0.15) is 27.2 Å². The van der Waals surface area contributed by atoms with E-state index in [4.69, 9.17) is 10.8 Å². The molecule has 0 radical (unpaired) electrons. The van der Waals surface area contributed by atoms with Crippen molar-refractivity contribution >= 4 is 11.9 Å². The Morgan fingerprint density at radius 2 is 1.94 bits per heavy atom. The van der Waals surface area contributed by atoms with Gasteiger partial charge in [-0.25, -0.2) is 4.79 Å². The van der Waals surface area contributed by atoms with Crippen LogP contribution in [0.25, 0.3) is 0 Å². The molecule has 0 saturated carbocycles. The Balaban J connectivity index is 4.41. The molecule has 1 atom stereocenters. The van der Waals surface area contributed by atoms with Crippen molar-refractivity contribution in [3.63, 3.8) is 0 Å². The van der Waals surface area contributed by atoms with E-state index in [1.807, 2.05) is 13.8 Å². The van der Waals surface area contributed by atoms with Crippen molar-refractivity contribution < 1.29 is 14.7 Å². The quantitative estimate of drug-likeness (QED) is 0.583. The highest BCUT2D eigenvalue weighted by Crippen LogP contribution is 2.03. The molecule has 0 aromatic carbocycles. The molecule has 0 rings (SSSR count). The van der Waals surface area contributed by atoms with E-state index in [2.05, 4.69) is 5.32 Å². The molecule has 3 amide bonds. The summed E-state index contributed by atoms with van der Waals surface area (Å²) >= 11 is 0. The number of amides is 3. The van der Waals surface area contributed by atoms with Gasteiger partial charge in [0, 0.05) is 19.2 Å². The number of aliphatic hydroxyl groups excluding tert-OH is 1. The summed E-state index contributed by atoms with van der Waals surface area (Å²) in [6.07, 6.45) is 0.521. The Hall–Kier alpha value is -1.30. The molecule has 6 nitrogen and oxygen atoms in total. The summed E-state index contributed by atoms with van der Waals surface area (Å²) in [6.45, 7) is 5.85. The maximum atomic E-state index is 11.9. The lowest BCUT2D eigenvalue weighted by atomic mass is 10.2. The first-order valence-corrected chi connectivity index (χ1v) is 5.37. The van der Waals surface area contributed by atoms with Gasteiger partial charge in [0.1, 0.15) is 6.04 Å². The number of nitrogens with one attached hydrogen (secondary N) is 1. The molecule has 94 valence electrons. The maximum absolute atomic E-state index is 11.9. The highest BCUT2D eigenvalue weighted by Gasteiger charge is 2.22.